The number of phosphoric acid groups is 1. The van der Waals surface area contributed by atoms with Gasteiger partial charge in [-0.25, -0.2) is 0 Å². The highest BCUT2D eigenvalue weighted by Gasteiger charge is 2.22. The number of nitrogens with zero attached hydrogens (tertiary/aromatic N) is 1. The minimum Gasteiger partial charge on any atom is -0.756 e. The Morgan fingerprint density at radius 2 is 1.08 bits per heavy atom. The van der Waals surface area contributed by atoms with Crippen molar-refractivity contribution in [2.75, 3.05) is 47.5 Å². The number of aliphatic hydroxyl groups is 1. The van der Waals surface area contributed by atoms with Crippen LogP contribution < -0.4 is 4.89 Å². The number of rotatable bonds is 42. The molecule has 0 saturated carbocycles. The zero-order valence-electron chi connectivity index (χ0n) is 39.6. The van der Waals surface area contributed by atoms with E-state index in [4.69, 9.17) is 18.5 Å². The summed E-state index contributed by atoms with van der Waals surface area (Å²) in [6.07, 6.45) is 50.7. The molecule has 356 valence electrons. The zero-order valence-corrected chi connectivity index (χ0v) is 40.5. The van der Waals surface area contributed by atoms with Crippen LogP contribution in [0.15, 0.2) is 85.1 Å². The maximum atomic E-state index is 12.7. The van der Waals surface area contributed by atoms with Crippen molar-refractivity contribution < 1.29 is 47.2 Å². The van der Waals surface area contributed by atoms with Gasteiger partial charge in [-0.15, -0.1) is 0 Å². The molecule has 0 rings (SSSR count). The van der Waals surface area contributed by atoms with Crippen molar-refractivity contribution in [2.45, 2.75) is 180 Å². The topological polar surface area (TPSA) is 131 Å². The fourth-order valence-electron chi connectivity index (χ4n) is 5.94. The van der Waals surface area contributed by atoms with Gasteiger partial charge in [0.15, 0.2) is 6.10 Å². The first-order valence-electron chi connectivity index (χ1n) is 23.9. The zero-order chi connectivity index (χ0) is 45.8. The molecule has 62 heavy (non-hydrogen) atoms. The predicted octanol–water partition coefficient (Wildman–Crippen LogP) is 12.3. The maximum absolute atomic E-state index is 12.7. The molecule has 0 fully saturated rings. The van der Waals surface area contributed by atoms with Crippen molar-refractivity contribution >= 4 is 19.8 Å². The van der Waals surface area contributed by atoms with Crippen molar-refractivity contribution in [1.82, 2.24) is 0 Å². The van der Waals surface area contributed by atoms with Crippen LogP contribution in [0.3, 0.4) is 0 Å². The van der Waals surface area contributed by atoms with Gasteiger partial charge in [-0.2, -0.15) is 0 Å². The molecule has 10 nitrogen and oxygen atoms in total. The third-order valence-electron chi connectivity index (χ3n) is 9.74. The molecule has 0 aliphatic rings. The Balaban J connectivity index is 4.53. The molecule has 1 unspecified atom stereocenters. The SMILES string of the molecule is CCCCC/C=C\C/C=C\C/C=C\C=C\[C@H](O)CCCC(=O)O[C@H](COC(=O)CCCCCCCC/C=C\C/C=C\C/C=C\CCCCCC)COP(=O)([O-])OCC[N+](C)(C)C. The average molecular weight is 890 g/mol. The van der Waals surface area contributed by atoms with Gasteiger partial charge in [-0.1, -0.05) is 157 Å². The number of carbonyl (C=O) groups is 2. The quantitative estimate of drug-likeness (QED) is 0.0159. The number of quaternary nitrogens is 1. The van der Waals surface area contributed by atoms with Gasteiger partial charge >= 0.3 is 11.9 Å². The lowest BCUT2D eigenvalue weighted by atomic mass is 10.1. The molecule has 0 spiro atoms. The van der Waals surface area contributed by atoms with Gasteiger partial charge in [0, 0.05) is 12.8 Å². The third kappa shape index (κ3) is 45.2. The molecule has 11 heteroatoms. The number of unbranched alkanes of at least 4 members (excludes halogenated alkanes) is 13. The number of aliphatic hydroxyl groups excluding tert-OH is 1. The molecular weight excluding hydrogens is 802 g/mol. The van der Waals surface area contributed by atoms with E-state index in [0.29, 0.717) is 30.3 Å². The van der Waals surface area contributed by atoms with Crippen LogP contribution in [0.4, 0.5) is 0 Å². The number of hydrogen-bond donors (Lipinski definition) is 1. The largest absolute Gasteiger partial charge is 0.756 e. The standard InChI is InChI=1S/C51H88NO9P/c1-6-8-10-12-14-16-18-20-21-22-23-24-25-26-28-30-32-34-36-38-42-50(54)58-46-49(47-60-62(56,57)59-45-44-52(3,4)5)61-51(55)43-39-41-48(53)40-37-35-33-31-29-27-19-17-15-13-11-9-7-2/h15-18,21-22,24-25,27,29,33,35,37,40,48-49,53H,6-14,19-20,23,26,28,30-32,34,36,38-39,41-47H2,1-5H3/b17-15-,18-16-,22-21-,25-24-,29-27-,35-33-,40-37+/t48-,49+/m0/s1. The molecule has 0 aromatic carbocycles. The molecule has 0 aliphatic heterocycles. The van der Waals surface area contributed by atoms with Crippen molar-refractivity contribution in [3.05, 3.63) is 85.1 Å². The number of hydrogen-bond acceptors (Lipinski definition) is 9. The number of ether oxygens (including phenoxy) is 2. The lowest BCUT2D eigenvalue weighted by Crippen LogP contribution is -2.37. The summed E-state index contributed by atoms with van der Waals surface area (Å²) in [6.45, 7) is 3.92. The summed E-state index contributed by atoms with van der Waals surface area (Å²) < 4.78 is 33.8. The van der Waals surface area contributed by atoms with Gasteiger partial charge in [0.05, 0.1) is 33.9 Å². The van der Waals surface area contributed by atoms with Crippen LogP contribution in [0.25, 0.3) is 0 Å². The number of phosphoric ester groups is 1. The van der Waals surface area contributed by atoms with E-state index >= 15 is 0 Å². The Morgan fingerprint density at radius 1 is 0.597 bits per heavy atom. The van der Waals surface area contributed by atoms with Crippen molar-refractivity contribution in [1.29, 1.82) is 0 Å². The lowest BCUT2D eigenvalue weighted by Gasteiger charge is -2.28. The highest BCUT2D eigenvalue weighted by Crippen LogP contribution is 2.38. The first-order valence-corrected chi connectivity index (χ1v) is 25.4. The Hall–Kier alpha value is -2.85. The van der Waals surface area contributed by atoms with Crippen LogP contribution in [0, 0.1) is 0 Å². The summed E-state index contributed by atoms with van der Waals surface area (Å²) in [7, 11) is 1.03. The third-order valence-corrected chi connectivity index (χ3v) is 10.7. The summed E-state index contributed by atoms with van der Waals surface area (Å²) in [5.74, 6) is -1.06. The maximum Gasteiger partial charge on any atom is 0.306 e. The fraction of sp³-hybridized carbons (Fsp3) is 0.686. The predicted molar refractivity (Wildman–Crippen MR) is 255 cm³/mol. The highest BCUT2D eigenvalue weighted by molar-refractivity contribution is 7.45. The summed E-state index contributed by atoms with van der Waals surface area (Å²) in [5, 5.41) is 10.3. The van der Waals surface area contributed by atoms with Gasteiger partial charge in [0.1, 0.15) is 19.8 Å². The number of likely N-dealkylation sites (N-methyl/N-ethyl adjacent to an activating group) is 1. The van der Waals surface area contributed by atoms with E-state index in [2.05, 4.69) is 74.6 Å². The molecule has 1 N–H and O–H groups in total. The molecule has 0 aromatic rings. The minimum atomic E-state index is -4.69. The second kappa shape index (κ2) is 42.1. The average Bonchev–Trinajstić information content (AvgIpc) is 3.22. The Labute approximate surface area is 378 Å². The van der Waals surface area contributed by atoms with E-state index in [1.54, 1.807) is 12.2 Å². The summed E-state index contributed by atoms with van der Waals surface area (Å²) in [6, 6.07) is 0. The second-order valence-corrected chi connectivity index (χ2v) is 18.4. The van der Waals surface area contributed by atoms with Gasteiger partial charge in [0.25, 0.3) is 7.82 Å². The second-order valence-electron chi connectivity index (χ2n) is 17.0. The molecule has 0 heterocycles. The van der Waals surface area contributed by atoms with Gasteiger partial charge in [0.2, 0.25) is 0 Å². The van der Waals surface area contributed by atoms with Crippen LogP contribution >= 0.6 is 7.82 Å². The summed E-state index contributed by atoms with van der Waals surface area (Å²) >= 11 is 0. The number of allylic oxidation sites excluding steroid dienone is 13. The fourth-order valence-corrected chi connectivity index (χ4v) is 6.67. The van der Waals surface area contributed by atoms with E-state index in [-0.39, 0.29) is 26.1 Å². The Bertz CT molecular complexity index is 1340. The van der Waals surface area contributed by atoms with Crippen LogP contribution in [0.2, 0.25) is 0 Å². The van der Waals surface area contributed by atoms with E-state index in [0.717, 1.165) is 70.6 Å². The molecule has 3 atom stereocenters. The van der Waals surface area contributed by atoms with Gasteiger partial charge in [-0.05, 0) is 83.5 Å². The monoisotopic (exact) mass is 890 g/mol. The molecule has 0 amide bonds. The van der Waals surface area contributed by atoms with Crippen molar-refractivity contribution in [3.63, 3.8) is 0 Å². The van der Waals surface area contributed by atoms with Gasteiger partial charge < -0.3 is 33.0 Å². The minimum absolute atomic E-state index is 0.0108. The van der Waals surface area contributed by atoms with Crippen molar-refractivity contribution in [2.24, 2.45) is 0 Å². The Kier molecular flexibility index (Phi) is 40.2. The van der Waals surface area contributed by atoms with Crippen LogP contribution in [-0.4, -0.2) is 81.2 Å². The summed E-state index contributed by atoms with van der Waals surface area (Å²) in [5.41, 5.74) is 0. The lowest BCUT2D eigenvalue weighted by molar-refractivity contribution is -0.870. The van der Waals surface area contributed by atoms with Crippen LogP contribution in [0.5, 0.6) is 0 Å². The Morgan fingerprint density at radius 3 is 1.66 bits per heavy atom. The highest BCUT2D eigenvalue weighted by atomic mass is 31.2. The van der Waals surface area contributed by atoms with Crippen molar-refractivity contribution in [3.8, 4) is 0 Å². The molecule has 0 aromatic heterocycles. The van der Waals surface area contributed by atoms with E-state index in [1.165, 1.54) is 51.4 Å². The van der Waals surface area contributed by atoms with E-state index in [9.17, 15) is 24.2 Å². The van der Waals surface area contributed by atoms with E-state index < -0.39 is 38.6 Å². The van der Waals surface area contributed by atoms with E-state index in [1.807, 2.05) is 33.3 Å². The van der Waals surface area contributed by atoms with Crippen LogP contribution in [-0.2, 0) is 32.7 Å². The molecule has 0 bridgehead atoms. The molecule has 0 aliphatic carbocycles. The summed E-state index contributed by atoms with van der Waals surface area (Å²) in [4.78, 5) is 37.7. The van der Waals surface area contributed by atoms with Gasteiger partial charge in [-0.3, -0.25) is 14.2 Å². The number of carbonyl (C=O) groups excluding carboxylic acids is 2. The molecule has 0 saturated heterocycles. The smallest absolute Gasteiger partial charge is 0.306 e. The normalized spacial score (nSPS) is 14.8. The van der Waals surface area contributed by atoms with Crippen LogP contribution in [0.1, 0.15) is 168 Å². The molecular formula is C51H88NO9P. The molecule has 0 radical (unpaired) electrons. The number of esters is 2. The first kappa shape index (κ1) is 59.1. The first-order chi connectivity index (χ1) is 29.9.